The first-order valence-electron chi connectivity index (χ1n) is 4.03. The summed E-state index contributed by atoms with van der Waals surface area (Å²) in [7, 11) is 0. The summed E-state index contributed by atoms with van der Waals surface area (Å²) in [5.74, 6) is 0.233. The van der Waals surface area contributed by atoms with Crippen molar-refractivity contribution in [3.8, 4) is 0 Å². The number of halogens is 3. The zero-order chi connectivity index (χ0) is 11.4. The van der Waals surface area contributed by atoms with Crippen molar-refractivity contribution in [2.24, 2.45) is 5.92 Å². The van der Waals surface area contributed by atoms with Gasteiger partial charge in [0.15, 0.2) is 6.10 Å². The highest BCUT2D eigenvalue weighted by molar-refractivity contribution is 6.68. The van der Waals surface area contributed by atoms with E-state index in [4.69, 9.17) is 39.5 Å². The van der Waals surface area contributed by atoms with Crippen LogP contribution in [0.25, 0.3) is 0 Å². The molecule has 0 aliphatic carbocycles. The molecule has 0 radical (unpaired) electrons. The molecule has 0 rings (SSSR count). The van der Waals surface area contributed by atoms with Crippen LogP contribution in [0.15, 0.2) is 0 Å². The molecule has 0 spiro atoms. The van der Waals surface area contributed by atoms with Crippen molar-refractivity contribution < 1.29 is 9.66 Å². The van der Waals surface area contributed by atoms with Gasteiger partial charge in [0.1, 0.15) is 0 Å². The summed E-state index contributed by atoms with van der Waals surface area (Å²) in [5.41, 5.74) is 0. The number of hydrogen-bond donors (Lipinski definition) is 0. The van der Waals surface area contributed by atoms with E-state index in [9.17, 15) is 10.1 Å². The van der Waals surface area contributed by atoms with Gasteiger partial charge in [-0.1, -0.05) is 48.7 Å². The molecule has 14 heavy (non-hydrogen) atoms. The lowest BCUT2D eigenvalue weighted by atomic mass is 10.2. The zero-order valence-electron chi connectivity index (χ0n) is 7.87. The molecule has 1 atom stereocenters. The SMILES string of the molecule is CC(C)CO[C@@H](C[N+](=O)[O-])C(Cl)(Cl)Cl. The molecule has 0 amide bonds. The standard InChI is InChI=1S/C7H12Cl3NO3/c1-5(2)4-14-6(3-11(12)13)7(8,9)10/h5-6H,3-4H2,1-2H3/t6-/m0/s1. The topological polar surface area (TPSA) is 52.4 Å². The van der Waals surface area contributed by atoms with Crippen LogP contribution in [0, 0.1) is 16.0 Å². The molecular formula is C7H12Cl3NO3. The summed E-state index contributed by atoms with van der Waals surface area (Å²) in [6.45, 7) is 3.62. The maximum absolute atomic E-state index is 10.3. The summed E-state index contributed by atoms with van der Waals surface area (Å²) in [6.07, 6.45) is -1.01. The van der Waals surface area contributed by atoms with Crippen LogP contribution >= 0.6 is 34.8 Å². The number of hydrogen-bond acceptors (Lipinski definition) is 3. The van der Waals surface area contributed by atoms with Crippen molar-refractivity contribution in [1.29, 1.82) is 0 Å². The summed E-state index contributed by atoms with van der Waals surface area (Å²) in [5, 5.41) is 10.3. The lowest BCUT2D eigenvalue weighted by molar-refractivity contribution is -0.491. The number of alkyl halides is 3. The molecular weight excluding hydrogens is 252 g/mol. The van der Waals surface area contributed by atoms with Crippen molar-refractivity contribution in [3.05, 3.63) is 10.1 Å². The van der Waals surface area contributed by atoms with Crippen molar-refractivity contribution in [3.63, 3.8) is 0 Å². The number of ether oxygens (including phenoxy) is 1. The maximum Gasteiger partial charge on any atom is 0.233 e. The summed E-state index contributed by atoms with van der Waals surface area (Å²) < 4.78 is 3.38. The predicted octanol–water partition coefficient (Wildman–Crippen LogP) is 2.67. The Labute approximate surface area is 97.6 Å². The van der Waals surface area contributed by atoms with Gasteiger partial charge >= 0.3 is 0 Å². The van der Waals surface area contributed by atoms with Crippen LogP contribution in [0.1, 0.15) is 13.8 Å². The van der Waals surface area contributed by atoms with Gasteiger partial charge in [-0.15, -0.1) is 0 Å². The molecule has 0 fully saturated rings. The molecule has 0 N–H and O–H groups in total. The molecule has 0 aromatic carbocycles. The normalized spacial score (nSPS) is 14.4. The first-order chi connectivity index (χ1) is 6.23. The molecule has 0 saturated heterocycles. The maximum atomic E-state index is 10.3. The minimum atomic E-state index is -1.76. The highest BCUT2D eigenvalue weighted by atomic mass is 35.6. The van der Waals surface area contributed by atoms with E-state index in [1.807, 2.05) is 13.8 Å². The molecule has 0 saturated carbocycles. The Balaban J connectivity index is 4.19. The zero-order valence-corrected chi connectivity index (χ0v) is 10.1. The second kappa shape index (κ2) is 5.95. The molecule has 0 aliphatic heterocycles. The van der Waals surface area contributed by atoms with Crippen molar-refractivity contribution in [1.82, 2.24) is 0 Å². The van der Waals surface area contributed by atoms with Gasteiger partial charge in [-0.05, 0) is 5.92 Å². The third kappa shape index (κ3) is 6.65. The van der Waals surface area contributed by atoms with Crippen molar-refractivity contribution in [2.45, 2.75) is 23.7 Å². The molecule has 7 heteroatoms. The van der Waals surface area contributed by atoms with Gasteiger partial charge in [-0.3, -0.25) is 10.1 Å². The van der Waals surface area contributed by atoms with E-state index in [1.165, 1.54) is 0 Å². The summed E-state index contributed by atoms with van der Waals surface area (Å²) >= 11 is 16.6. The number of nitrogens with zero attached hydrogens (tertiary/aromatic N) is 1. The Morgan fingerprint density at radius 2 is 1.93 bits per heavy atom. The van der Waals surface area contributed by atoms with E-state index in [0.29, 0.717) is 6.61 Å². The highest BCUT2D eigenvalue weighted by Gasteiger charge is 2.37. The smallest absolute Gasteiger partial charge is 0.233 e. The minimum absolute atomic E-state index is 0.233. The highest BCUT2D eigenvalue weighted by Crippen LogP contribution is 2.32. The van der Waals surface area contributed by atoms with Crippen LogP contribution in [0.3, 0.4) is 0 Å². The first-order valence-corrected chi connectivity index (χ1v) is 5.17. The van der Waals surface area contributed by atoms with Crippen LogP contribution in [-0.2, 0) is 4.74 Å². The monoisotopic (exact) mass is 263 g/mol. The van der Waals surface area contributed by atoms with Crippen LogP contribution in [0.5, 0.6) is 0 Å². The molecule has 0 unspecified atom stereocenters. The van der Waals surface area contributed by atoms with Gasteiger partial charge in [-0.25, -0.2) is 0 Å². The van der Waals surface area contributed by atoms with E-state index in [2.05, 4.69) is 0 Å². The van der Waals surface area contributed by atoms with Crippen LogP contribution < -0.4 is 0 Å². The lowest BCUT2D eigenvalue weighted by Crippen LogP contribution is -2.36. The van der Waals surface area contributed by atoms with E-state index < -0.39 is 21.4 Å². The van der Waals surface area contributed by atoms with E-state index in [-0.39, 0.29) is 5.92 Å². The van der Waals surface area contributed by atoms with Crippen molar-refractivity contribution >= 4 is 34.8 Å². The Bertz CT molecular complexity index is 193. The third-order valence-corrected chi connectivity index (χ3v) is 2.04. The molecule has 0 aliphatic rings. The number of nitro groups is 1. The molecule has 0 heterocycles. The summed E-state index contributed by atoms with van der Waals surface area (Å²) in [6, 6.07) is 0. The average molecular weight is 265 g/mol. The van der Waals surface area contributed by atoms with E-state index >= 15 is 0 Å². The second-order valence-corrected chi connectivity index (χ2v) is 5.64. The largest absolute Gasteiger partial charge is 0.367 e. The Kier molecular flexibility index (Phi) is 6.05. The van der Waals surface area contributed by atoms with Gasteiger partial charge in [0.05, 0.1) is 0 Å². The molecule has 4 nitrogen and oxygen atoms in total. The van der Waals surface area contributed by atoms with Gasteiger partial charge < -0.3 is 4.74 Å². The van der Waals surface area contributed by atoms with Crippen LogP contribution in [-0.4, -0.2) is 28.0 Å². The lowest BCUT2D eigenvalue weighted by Gasteiger charge is -2.22. The summed E-state index contributed by atoms with van der Waals surface area (Å²) in [4.78, 5) is 9.69. The van der Waals surface area contributed by atoms with Gasteiger partial charge in [0.25, 0.3) is 0 Å². The van der Waals surface area contributed by atoms with E-state index in [0.717, 1.165) is 0 Å². The molecule has 0 aromatic rings. The van der Waals surface area contributed by atoms with Crippen molar-refractivity contribution in [2.75, 3.05) is 13.2 Å². The molecule has 84 valence electrons. The van der Waals surface area contributed by atoms with Crippen LogP contribution in [0.4, 0.5) is 0 Å². The minimum Gasteiger partial charge on any atom is -0.367 e. The fourth-order valence-corrected chi connectivity index (χ4v) is 1.09. The number of rotatable bonds is 5. The average Bonchev–Trinajstić information content (AvgIpc) is 1.94. The predicted molar refractivity (Wildman–Crippen MR) is 56.7 cm³/mol. The van der Waals surface area contributed by atoms with Crippen LogP contribution in [0.2, 0.25) is 0 Å². The Morgan fingerprint density at radius 3 is 2.21 bits per heavy atom. The molecule has 0 aromatic heterocycles. The van der Waals surface area contributed by atoms with E-state index in [1.54, 1.807) is 0 Å². The van der Waals surface area contributed by atoms with Gasteiger partial charge in [0.2, 0.25) is 10.3 Å². The Morgan fingerprint density at radius 1 is 1.43 bits per heavy atom. The fraction of sp³-hybridized carbons (Fsp3) is 1.00. The first kappa shape index (κ1) is 14.2. The van der Waals surface area contributed by atoms with Gasteiger partial charge in [0, 0.05) is 11.5 Å². The quantitative estimate of drug-likeness (QED) is 0.436. The second-order valence-electron chi connectivity index (χ2n) is 3.27. The fourth-order valence-electron chi connectivity index (χ4n) is 0.695. The third-order valence-electron chi connectivity index (χ3n) is 1.31. The Hall–Kier alpha value is 0.230. The van der Waals surface area contributed by atoms with Gasteiger partial charge in [-0.2, -0.15) is 0 Å². The molecule has 0 bridgehead atoms.